The van der Waals surface area contributed by atoms with Gasteiger partial charge in [0.25, 0.3) is 0 Å². The van der Waals surface area contributed by atoms with Gasteiger partial charge in [0.05, 0.1) is 13.7 Å². The van der Waals surface area contributed by atoms with Crippen LogP contribution >= 0.6 is 0 Å². The molecule has 2 N–H and O–H groups in total. The van der Waals surface area contributed by atoms with E-state index in [-0.39, 0.29) is 30.4 Å². The minimum atomic E-state index is -0.777. The van der Waals surface area contributed by atoms with E-state index in [1.165, 1.54) is 7.11 Å². The fourth-order valence-electron chi connectivity index (χ4n) is 2.46. The van der Waals surface area contributed by atoms with Gasteiger partial charge in [0.15, 0.2) is 0 Å². The van der Waals surface area contributed by atoms with Crippen LogP contribution in [0.4, 0.5) is 0 Å². The Labute approximate surface area is 170 Å². The Balaban J connectivity index is 2.93. The van der Waals surface area contributed by atoms with Crippen LogP contribution in [0.1, 0.15) is 32.8 Å². The minimum absolute atomic E-state index is 0.120. The average Bonchev–Trinajstić information content (AvgIpc) is 2.70. The number of nitrogens with one attached hydrogen (secondary N) is 1. The number of nitrogens with zero attached hydrogens (tertiary/aromatic N) is 1. The maximum Gasteiger partial charge on any atom is 0.343 e. The Hall–Kier alpha value is -3.16. The average molecular weight is 404 g/mol. The minimum Gasteiger partial charge on any atom is -0.506 e. The van der Waals surface area contributed by atoms with E-state index < -0.39 is 23.9 Å². The van der Waals surface area contributed by atoms with Crippen molar-refractivity contribution in [3.8, 4) is 0 Å². The summed E-state index contributed by atoms with van der Waals surface area (Å²) in [6.07, 6.45) is 1.51. The maximum absolute atomic E-state index is 12.2. The van der Waals surface area contributed by atoms with Crippen molar-refractivity contribution >= 4 is 29.8 Å². The van der Waals surface area contributed by atoms with Crippen LogP contribution in [0.3, 0.4) is 0 Å². The largest absolute Gasteiger partial charge is 0.506 e. The summed E-state index contributed by atoms with van der Waals surface area (Å²) in [6.45, 7) is 5.26. The molecule has 29 heavy (non-hydrogen) atoms. The van der Waals surface area contributed by atoms with Gasteiger partial charge in [-0.2, -0.15) is 0 Å². The molecule has 8 heteroatoms. The second kappa shape index (κ2) is 12.3. The van der Waals surface area contributed by atoms with Crippen LogP contribution in [-0.2, 0) is 23.9 Å². The third kappa shape index (κ3) is 8.16. The Morgan fingerprint density at radius 3 is 2.41 bits per heavy atom. The van der Waals surface area contributed by atoms with E-state index in [1.54, 1.807) is 37.3 Å². The number of hydrogen-bond acceptors (Lipinski definition) is 7. The molecule has 1 atom stereocenters. The number of carbonyl (C=O) groups is 3. The van der Waals surface area contributed by atoms with Gasteiger partial charge in [-0.15, -0.1) is 0 Å². The van der Waals surface area contributed by atoms with Gasteiger partial charge >= 0.3 is 11.9 Å². The quantitative estimate of drug-likeness (QED) is 0.268. The van der Waals surface area contributed by atoms with Crippen molar-refractivity contribution in [2.24, 2.45) is 10.9 Å². The number of hydrogen-bond donors (Lipinski definition) is 2. The Bertz CT molecular complexity index is 756. The molecule has 0 saturated heterocycles. The van der Waals surface area contributed by atoms with Crippen molar-refractivity contribution in [2.45, 2.75) is 33.2 Å². The van der Waals surface area contributed by atoms with Crippen molar-refractivity contribution in [1.29, 1.82) is 0 Å². The van der Waals surface area contributed by atoms with E-state index in [0.717, 1.165) is 6.21 Å². The molecular weight excluding hydrogens is 376 g/mol. The van der Waals surface area contributed by atoms with Crippen LogP contribution in [0.25, 0.3) is 5.76 Å². The molecule has 0 fully saturated rings. The van der Waals surface area contributed by atoms with Crippen LogP contribution in [0.15, 0.2) is 40.9 Å². The number of carbonyl (C=O) groups excluding carboxylic acids is 3. The van der Waals surface area contributed by atoms with Gasteiger partial charge < -0.3 is 19.9 Å². The van der Waals surface area contributed by atoms with E-state index in [0.29, 0.717) is 12.0 Å². The van der Waals surface area contributed by atoms with Gasteiger partial charge in [-0.05, 0) is 19.3 Å². The predicted molar refractivity (Wildman–Crippen MR) is 109 cm³/mol. The number of rotatable bonds is 10. The molecule has 1 aromatic carbocycles. The highest BCUT2D eigenvalue weighted by molar-refractivity contribution is 6.15. The van der Waals surface area contributed by atoms with Gasteiger partial charge in [0.1, 0.15) is 23.9 Å². The normalized spacial score (nSPS) is 13.0. The number of esters is 2. The third-order valence-corrected chi connectivity index (χ3v) is 3.78. The summed E-state index contributed by atoms with van der Waals surface area (Å²) < 4.78 is 9.65. The van der Waals surface area contributed by atoms with Gasteiger partial charge in [-0.1, -0.05) is 44.2 Å². The highest BCUT2D eigenvalue weighted by Gasteiger charge is 2.22. The Kier molecular flexibility index (Phi) is 10.2. The first kappa shape index (κ1) is 23.9. The molecule has 0 unspecified atom stereocenters. The molecule has 1 rings (SSSR count). The van der Waals surface area contributed by atoms with Crippen molar-refractivity contribution < 1.29 is 29.0 Å². The predicted octanol–water partition coefficient (Wildman–Crippen LogP) is 2.29. The second-order valence-electron chi connectivity index (χ2n) is 6.59. The number of benzene rings is 1. The summed E-state index contributed by atoms with van der Waals surface area (Å²) in [6, 6.07) is 7.67. The number of methoxy groups -OCH3 is 1. The van der Waals surface area contributed by atoms with Gasteiger partial charge in [-0.25, -0.2) is 9.59 Å². The molecule has 0 radical (unpaired) electrons. The van der Waals surface area contributed by atoms with Crippen molar-refractivity contribution in [1.82, 2.24) is 5.32 Å². The molecule has 0 aliphatic heterocycles. The maximum atomic E-state index is 12.2. The molecule has 0 aromatic heterocycles. The summed E-state index contributed by atoms with van der Waals surface area (Å²) in [5, 5.41) is 13.0. The molecule has 158 valence electrons. The second-order valence-corrected chi connectivity index (χ2v) is 6.59. The van der Waals surface area contributed by atoms with Crippen LogP contribution in [-0.4, -0.2) is 55.5 Å². The lowest BCUT2D eigenvalue weighted by molar-refractivity contribution is -0.145. The summed E-state index contributed by atoms with van der Waals surface area (Å²) in [5.41, 5.74) is 0.242. The Morgan fingerprint density at radius 1 is 1.21 bits per heavy atom. The lowest BCUT2D eigenvalue weighted by Crippen LogP contribution is -2.43. The molecule has 8 nitrogen and oxygen atoms in total. The van der Waals surface area contributed by atoms with Crippen LogP contribution in [0, 0.1) is 5.92 Å². The van der Waals surface area contributed by atoms with Gasteiger partial charge in [0.2, 0.25) is 5.91 Å². The topological polar surface area (TPSA) is 114 Å². The van der Waals surface area contributed by atoms with Crippen LogP contribution < -0.4 is 5.32 Å². The number of amides is 1. The molecule has 0 spiro atoms. The number of aliphatic imine (C=N–C) groups is 1. The summed E-state index contributed by atoms with van der Waals surface area (Å²) in [7, 11) is 1.25. The highest BCUT2D eigenvalue weighted by Crippen LogP contribution is 2.16. The first-order chi connectivity index (χ1) is 13.8. The molecule has 0 aliphatic carbocycles. The SMILES string of the molecule is CCOC(=O)/C(C=NCC(=O)N[C@@H](CC(C)C)C(=O)OC)=C(/O)c1ccccc1. The first-order valence-electron chi connectivity index (χ1n) is 9.32. The van der Waals surface area contributed by atoms with Crippen LogP contribution in [0.5, 0.6) is 0 Å². The summed E-state index contributed by atoms with van der Waals surface area (Å²) in [4.78, 5) is 40.0. The van der Waals surface area contributed by atoms with E-state index in [2.05, 4.69) is 10.3 Å². The number of ether oxygens (including phenoxy) is 2. The number of aliphatic hydroxyl groups excluding tert-OH is 1. The fraction of sp³-hybridized carbons (Fsp3) is 0.429. The van der Waals surface area contributed by atoms with Gasteiger partial charge in [-0.3, -0.25) is 9.79 Å². The van der Waals surface area contributed by atoms with Crippen molar-refractivity contribution in [2.75, 3.05) is 20.3 Å². The van der Waals surface area contributed by atoms with Crippen molar-refractivity contribution in [3.63, 3.8) is 0 Å². The smallest absolute Gasteiger partial charge is 0.343 e. The standard InChI is InChI=1S/C21H28N2O6/c1-5-29-20(26)16(19(25)15-9-7-6-8-10-15)12-22-13-18(24)23-17(11-14(2)3)21(27)28-4/h6-10,12,14,17,25H,5,11,13H2,1-4H3,(H,23,24)/b19-16+,22-12?/t17-/m0/s1. The summed E-state index contributed by atoms with van der Waals surface area (Å²) in [5.74, 6) is -1.95. The first-order valence-corrected chi connectivity index (χ1v) is 9.32. The molecule has 0 aliphatic rings. The molecule has 1 amide bonds. The van der Waals surface area contributed by atoms with E-state index in [4.69, 9.17) is 9.47 Å². The highest BCUT2D eigenvalue weighted by atomic mass is 16.5. The van der Waals surface area contributed by atoms with Crippen molar-refractivity contribution in [3.05, 3.63) is 41.5 Å². The fourth-order valence-corrected chi connectivity index (χ4v) is 2.46. The van der Waals surface area contributed by atoms with E-state index in [1.807, 2.05) is 13.8 Å². The summed E-state index contributed by atoms with van der Waals surface area (Å²) >= 11 is 0. The Morgan fingerprint density at radius 2 is 1.86 bits per heavy atom. The molecule has 1 aromatic rings. The zero-order valence-corrected chi connectivity index (χ0v) is 17.2. The lowest BCUT2D eigenvalue weighted by atomic mass is 10.0. The zero-order chi connectivity index (χ0) is 21.8. The number of aliphatic hydroxyl groups is 1. The monoisotopic (exact) mass is 404 g/mol. The van der Waals surface area contributed by atoms with Gasteiger partial charge in [0, 0.05) is 11.8 Å². The van der Waals surface area contributed by atoms with E-state index >= 15 is 0 Å². The third-order valence-electron chi connectivity index (χ3n) is 3.78. The molecule has 0 saturated carbocycles. The lowest BCUT2D eigenvalue weighted by Gasteiger charge is -2.17. The molecule has 0 heterocycles. The van der Waals surface area contributed by atoms with E-state index in [9.17, 15) is 19.5 Å². The molecule has 0 bridgehead atoms. The zero-order valence-electron chi connectivity index (χ0n) is 17.2. The van der Waals surface area contributed by atoms with Crippen LogP contribution in [0.2, 0.25) is 0 Å². The molecular formula is C21H28N2O6.